The van der Waals surface area contributed by atoms with Gasteiger partial charge in [-0.1, -0.05) is 35.9 Å². The van der Waals surface area contributed by atoms with Crippen LogP contribution >= 0.6 is 11.6 Å². The largest absolute Gasteiger partial charge is 0.508 e. The number of carbonyl (C=O) groups is 1. The highest BCUT2D eigenvalue weighted by Gasteiger charge is 2.37. The van der Waals surface area contributed by atoms with E-state index in [9.17, 15) is 9.90 Å². The zero-order valence-corrected chi connectivity index (χ0v) is 16.0. The number of fused-ring (bicyclic) bond motifs is 1. The van der Waals surface area contributed by atoms with Crippen LogP contribution in [0.25, 0.3) is 0 Å². The molecule has 8 heteroatoms. The second-order valence-corrected chi connectivity index (χ2v) is 7.67. The first kappa shape index (κ1) is 17.8. The van der Waals surface area contributed by atoms with E-state index in [1.807, 2.05) is 30.3 Å². The standard InChI is InChI=1S/C21H17ClN4O3/c22-14-6-4-11(5-7-14)13-9-16-18(17(28)10-13)19(12-2-1-3-15(27)8-12)24-21-20(23-16)25-29-26-21/h1-8,13,19,27H,9-10H2,(H,23,25)(H,24,26)/t13-,19-/m1/s1. The van der Waals surface area contributed by atoms with Crippen LogP contribution in [0.4, 0.5) is 11.6 Å². The van der Waals surface area contributed by atoms with Crippen LogP contribution in [0, 0.1) is 0 Å². The number of hydrogen-bond donors (Lipinski definition) is 3. The van der Waals surface area contributed by atoms with Crippen LogP contribution in [0.15, 0.2) is 64.4 Å². The number of nitrogens with one attached hydrogen (secondary N) is 2. The molecular formula is C21H17ClN4O3. The molecule has 1 aliphatic carbocycles. The summed E-state index contributed by atoms with van der Waals surface area (Å²) in [5.41, 5.74) is 3.21. The summed E-state index contributed by atoms with van der Waals surface area (Å²) in [5.74, 6) is 1.04. The van der Waals surface area contributed by atoms with Crippen molar-refractivity contribution in [3.63, 3.8) is 0 Å². The normalized spacial score (nSPS) is 20.9. The SMILES string of the molecule is O=C1C[C@H](c2ccc(Cl)cc2)CC2=C1[C@@H](c1cccc(O)c1)Nc1nonc1N2. The zero-order chi connectivity index (χ0) is 20.0. The molecular weight excluding hydrogens is 392 g/mol. The molecule has 7 nitrogen and oxygen atoms in total. The second-order valence-electron chi connectivity index (χ2n) is 7.23. The molecule has 5 rings (SSSR count). The number of phenolic OH excluding ortho intramolecular Hbond substituents is 1. The van der Waals surface area contributed by atoms with Gasteiger partial charge in [-0.25, -0.2) is 4.63 Å². The Morgan fingerprint density at radius 3 is 2.62 bits per heavy atom. The minimum absolute atomic E-state index is 0.0252. The molecule has 29 heavy (non-hydrogen) atoms. The molecule has 0 saturated heterocycles. The molecule has 2 aliphatic rings. The molecule has 2 atom stereocenters. The lowest BCUT2D eigenvalue weighted by molar-refractivity contribution is -0.116. The molecule has 0 unspecified atom stereocenters. The second kappa shape index (κ2) is 6.93. The first-order chi connectivity index (χ1) is 14.1. The van der Waals surface area contributed by atoms with Crippen molar-refractivity contribution >= 4 is 29.0 Å². The van der Waals surface area contributed by atoms with Gasteiger partial charge in [-0.05, 0) is 58.0 Å². The maximum atomic E-state index is 13.3. The highest BCUT2D eigenvalue weighted by molar-refractivity contribution is 6.30. The van der Waals surface area contributed by atoms with Gasteiger partial charge < -0.3 is 15.7 Å². The predicted octanol–water partition coefficient (Wildman–Crippen LogP) is 4.41. The number of nitrogens with zero attached hydrogens (tertiary/aromatic N) is 2. The van der Waals surface area contributed by atoms with E-state index in [4.69, 9.17) is 16.2 Å². The van der Waals surface area contributed by atoms with E-state index < -0.39 is 6.04 Å². The van der Waals surface area contributed by atoms with Crippen LogP contribution in [-0.4, -0.2) is 21.2 Å². The average molecular weight is 409 g/mol. The third-order valence-electron chi connectivity index (χ3n) is 5.38. The summed E-state index contributed by atoms with van der Waals surface area (Å²) in [6, 6.07) is 13.9. The number of aromatic hydroxyl groups is 1. The van der Waals surface area contributed by atoms with E-state index in [1.54, 1.807) is 18.2 Å². The van der Waals surface area contributed by atoms with Crippen molar-refractivity contribution in [3.8, 4) is 5.75 Å². The summed E-state index contributed by atoms with van der Waals surface area (Å²) < 4.78 is 4.87. The van der Waals surface area contributed by atoms with Crippen molar-refractivity contribution in [2.45, 2.75) is 24.8 Å². The Labute approximate surface area is 171 Å². The van der Waals surface area contributed by atoms with E-state index >= 15 is 0 Å². The van der Waals surface area contributed by atoms with Gasteiger partial charge >= 0.3 is 0 Å². The molecule has 0 spiro atoms. The Morgan fingerprint density at radius 2 is 1.83 bits per heavy atom. The van der Waals surface area contributed by atoms with E-state index in [2.05, 4.69) is 20.9 Å². The molecule has 0 fully saturated rings. The van der Waals surface area contributed by atoms with Crippen LogP contribution in [0.3, 0.4) is 0 Å². The Bertz CT molecular complexity index is 1120. The summed E-state index contributed by atoms with van der Waals surface area (Å²) in [6.45, 7) is 0. The highest BCUT2D eigenvalue weighted by Crippen LogP contribution is 2.43. The Hall–Kier alpha value is -3.32. The Kier molecular flexibility index (Phi) is 4.24. The number of allylic oxidation sites excluding steroid dienone is 1. The van der Waals surface area contributed by atoms with Gasteiger partial charge in [0.15, 0.2) is 5.78 Å². The molecule has 0 amide bonds. The number of benzene rings is 2. The maximum Gasteiger partial charge on any atom is 0.219 e. The fourth-order valence-corrected chi connectivity index (χ4v) is 4.15. The van der Waals surface area contributed by atoms with Gasteiger partial charge in [-0.2, -0.15) is 0 Å². The third kappa shape index (κ3) is 3.23. The fourth-order valence-electron chi connectivity index (χ4n) is 4.03. The van der Waals surface area contributed by atoms with Gasteiger partial charge in [-0.3, -0.25) is 4.79 Å². The number of anilines is 2. The Balaban J connectivity index is 1.59. The number of phenols is 1. The summed E-state index contributed by atoms with van der Waals surface area (Å²) in [4.78, 5) is 13.3. The molecule has 1 aliphatic heterocycles. The lowest BCUT2D eigenvalue weighted by atomic mass is 9.78. The quantitative estimate of drug-likeness (QED) is 0.577. The van der Waals surface area contributed by atoms with Crippen molar-refractivity contribution in [2.24, 2.45) is 0 Å². The first-order valence-corrected chi connectivity index (χ1v) is 9.63. The van der Waals surface area contributed by atoms with Gasteiger partial charge in [0.25, 0.3) is 0 Å². The highest BCUT2D eigenvalue weighted by atomic mass is 35.5. The number of hydrogen-bond acceptors (Lipinski definition) is 7. The number of aromatic nitrogens is 2. The number of carbonyl (C=O) groups excluding carboxylic acids is 1. The molecule has 0 bridgehead atoms. The predicted molar refractivity (Wildman–Crippen MR) is 108 cm³/mol. The lowest BCUT2D eigenvalue weighted by Gasteiger charge is -2.29. The zero-order valence-electron chi connectivity index (χ0n) is 15.2. The van der Waals surface area contributed by atoms with E-state index in [0.717, 1.165) is 16.8 Å². The van der Waals surface area contributed by atoms with Gasteiger partial charge in [0, 0.05) is 22.7 Å². The third-order valence-corrected chi connectivity index (χ3v) is 5.63. The van der Waals surface area contributed by atoms with Crippen molar-refractivity contribution in [1.29, 1.82) is 0 Å². The summed E-state index contributed by atoms with van der Waals surface area (Å²) >= 11 is 6.01. The summed E-state index contributed by atoms with van der Waals surface area (Å²) in [7, 11) is 0. The van der Waals surface area contributed by atoms with Crippen LogP contribution in [0.1, 0.15) is 35.9 Å². The van der Waals surface area contributed by atoms with Crippen molar-refractivity contribution in [3.05, 3.63) is 76.0 Å². The van der Waals surface area contributed by atoms with Crippen molar-refractivity contribution in [1.82, 2.24) is 10.3 Å². The molecule has 2 aromatic carbocycles. The average Bonchev–Trinajstić information content (AvgIpc) is 3.07. The molecule has 0 radical (unpaired) electrons. The summed E-state index contributed by atoms with van der Waals surface area (Å²) in [6.07, 6.45) is 1.01. The van der Waals surface area contributed by atoms with Gasteiger partial charge in [-0.15, -0.1) is 0 Å². The molecule has 146 valence electrons. The van der Waals surface area contributed by atoms with Gasteiger partial charge in [0.2, 0.25) is 11.6 Å². The van der Waals surface area contributed by atoms with E-state index in [0.29, 0.717) is 35.1 Å². The Morgan fingerprint density at radius 1 is 1.03 bits per heavy atom. The van der Waals surface area contributed by atoms with Crippen molar-refractivity contribution < 1.29 is 14.5 Å². The number of ketones is 1. The molecule has 3 N–H and O–H groups in total. The lowest BCUT2D eigenvalue weighted by Crippen LogP contribution is -2.27. The maximum absolute atomic E-state index is 13.3. The van der Waals surface area contributed by atoms with Crippen LogP contribution < -0.4 is 10.6 Å². The number of halogens is 1. The van der Waals surface area contributed by atoms with Crippen LogP contribution in [0.5, 0.6) is 5.75 Å². The van der Waals surface area contributed by atoms with E-state index in [-0.39, 0.29) is 17.5 Å². The van der Waals surface area contributed by atoms with Crippen LogP contribution in [-0.2, 0) is 4.79 Å². The fraction of sp³-hybridized carbons (Fsp3) is 0.190. The smallest absolute Gasteiger partial charge is 0.219 e. The number of Topliss-reactive ketones (excluding diaryl/α,β-unsaturated/α-hetero) is 1. The first-order valence-electron chi connectivity index (χ1n) is 9.25. The topological polar surface area (TPSA) is 100 Å². The minimum Gasteiger partial charge on any atom is -0.508 e. The van der Waals surface area contributed by atoms with Gasteiger partial charge in [0.05, 0.1) is 6.04 Å². The minimum atomic E-state index is -0.476. The molecule has 1 aromatic heterocycles. The summed E-state index contributed by atoms with van der Waals surface area (Å²) in [5, 5.41) is 24.9. The molecule has 0 saturated carbocycles. The molecule has 2 heterocycles. The molecule has 3 aromatic rings. The van der Waals surface area contributed by atoms with E-state index in [1.165, 1.54) is 0 Å². The van der Waals surface area contributed by atoms with Crippen molar-refractivity contribution in [2.75, 3.05) is 10.6 Å². The van der Waals surface area contributed by atoms with Crippen LogP contribution in [0.2, 0.25) is 5.02 Å². The van der Waals surface area contributed by atoms with Gasteiger partial charge in [0.1, 0.15) is 5.75 Å². The monoisotopic (exact) mass is 408 g/mol. The number of rotatable bonds is 2.